The molecule has 0 unspecified atom stereocenters. The van der Waals surface area contributed by atoms with E-state index < -0.39 is 0 Å². The third-order valence-electron chi connectivity index (χ3n) is 4.60. The van der Waals surface area contributed by atoms with Crippen LogP contribution in [0.25, 0.3) is 0 Å². The van der Waals surface area contributed by atoms with E-state index in [0.717, 1.165) is 37.6 Å². The molecule has 0 radical (unpaired) electrons. The number of likely N-dealkylation sites (N-methyl/N-ethyl adjacent to an activating group) is 1. The largest absolute Gasteiger partial charge is 0.347 e. The van der Waals surface area contributed by atoms with Crippen molar-refractivity contribution in [3.63, 3.8) is 0 Å². The molecule has 7 heteroatoms. The molecule has 3 rings (SSSR count). The van der Waals surface area contributed by atoms with Gasteiger partial charge in [-0.25, -0.2) is 4.98 Å². The van der Waals surface area contributed by atoms with Crippen LogP contribution in [0.15, 0.2) is 24.7 Å². The molecule has 1 atom stereocenters. The number of nitrogens with one attached hydrogen (secondary N) is 1. The number of carbonyl (C=O) groups is 1. The quantitative estimate of drug-likeness (QED) is 0.893. The number of amides is 1. The smallest absolute Gasteiger partial charge is 0.223 e. The van der Waals surface area contributed by atoms with Crippen molar-refractivity contribution in [2.75, 3.05) is 26.2 Å². The van der Waals surface area contributed by atoms with E-state index in [4.69, 9.17) is 0 Å². The van der Waals surface area contributed by atoms with Crippen LogP contribution in [0.5, 0.6) is 0 Å². The van der Waals surface area contributed by atoms with Gasteiger partial charge < -0.3 is 9.88 Å². The van der Waals surface area contributed by atoms with Gasteiger partial charge in [0.05, 0.1) is 6.04 Å². The molecule has 0 aromatic carbocycles. The maximum absolute atomic E-state index is 12.6. The van der Waals surface area contributed by atoms with E-state index in [9.17, 15) is 4.79 Å². The molecule has 1 N–H and O–H groups in total. The lowest BCUT2D eigenvalue weighted by Gasteiger charge is -2.40. The summed E-state index contributed by atoms with van der Waals surface area (Å²) >= 11 is 0. The second-order valence-corrected chi connectivity index (χ2v) is 5.90. The highest BCUT2D eigenvalue weighted by Gasteiger charge is 2.30. The number of carbonyl (C=O) groups excluding carboxylic acids is 1. The fourth-order valence-corrected chi connectivity index (χ4v) is 3.18. The Morgan fingerprint density at radius 1 is 1.39 bits per heavy atom. The fraction of sp³-hybridized carbons (Fsp3) is 0.562. The molecule has 1 fully saturated rings. The molecule has 0 bridgehead atoms. The average Bonchev–Trinajstić information content (AvgIpc) is 3.23. The zero-order valence-electron chi connectivity index (χ0n) is 13.8. The van der Waals surface area contributed by atoms with Crippen LogP contribution in [-0.4, -0.2) is 61.6 Å². The number of piperazine rings is 1. The molecule has 2 aromatic rings. The number of aryl methyl sites for hydroxylation is 2. The molecular weight excluding hydrogens is 292 g/mol. The Hall–Kier alpha value is -2.15. The van der Waals surface area contributed by atoms with E-state index in [1.54, 1.807) is 12.4 Å². The van der Waals surface area contributed by atoms with Gasteiger partial charge in [0.15, 0.2) is 0 Å². The maximum Gasteiger partial charge on any atom is 0.223 e. The highest BCUT2D eigenvalue weighted by atomic mass is 16.2. The summed E-state index contributed by atoms with van der Waals surface area (Å²) in [6.45, 7) is 5.48. The van der Waals surface area contributed by atoms with Crippen LogP contribution in [0.1, 0.15) is 30.9 Å². The van der Waals surface area contributed by atoms with Gasteiger partial charge in [-0.05, 0) is 19.0 Å². The molecule has 3 heterocycles. The summed E-state index contributed by atoms with van der Waals surface area (Å²) < 4.78 is 1.83. The van der Waals surface area contributed by atoms with Crippen molar-refractivity contribution in [2.24, 2.45) is 7.05 Å². The van der Waals surface area contributed by atoms with Crippen molar-refractivity contribution in [1.82, 2.24) is 29.5 Å². The Balaban J connectivity index is 1.61. The Labute approximate surface area is 136 Å². The molecule has 0 spiro atoms. The first-order valence-corrected chi connectivity index (χ1v) is 8.17. The Morgan fingerprint density at radius 3 is 2.91 bits per heavy atom. The predicted octanol–water partition coefficient (Wildman–Crippen LogP) is 0.981. The molecule has 7 nitrogen and oxygen atoms in total. The molecule has 2 aromatic heterocycles. The molecule has 1 saturated heterocycles. The van der Waals surface area contributed by atoms with Crippen LogP contribution in [0.4, 0.5) is 0 Å². The maximum atomic E-state index is 12.6. The molecule has 23 heavy (non-hydrogen) atoms. The molecule has 1 aliphatic heterocycles. The second kappa shape index (κ2) is 6.95. The number of nitrogens with zero attached hydrogens (tertiary/aromatic N) is 5. The molecule has 1 amide bonds. The summed E-state index contributed by atoms with van der Waals surface area (Å²) in [6, 6.07) is 2.12. The van der Waals surface area contributed by atoms with E-state index in [1.807, 2.05) is 28.9 Å². The van der Waals surface area contributed by atoms with E-state index in [2.05, 4.69) is 26.9 Å². The highest BCUT2D eigenvalue weighted by molar-refractivity contribution is 5.76. The lowest BCUT2D eigenvalue weighted by atomic mass is 10.1. The Morgan fingerprint density at radius 2 is 2.26 bits per heavy atom. The van der Waals surface area contributed by atoms with E-state index in [0.29, 0.717) is 13.0 Å². The van der Waals surface area contributed by atoms with Crippen LogP contribution >= 0.6 is 0 Å². The van der Waals surface area contributed by atoms with Gasteiger partial charge >= 0.3 is 0 Å². The molecule has 1 aliphatic rings. The van der Waals surface area contributed by atoms with Crippen LogP contribution < -0.4 is 0 Å². The number of imidazole rings is 1. The third-order valence-corrected chi connectivity index (χ3v) is 4.60. The van der Waals surface area contributed by atoms with Crippen molar-refractivity contribution in [1.29, 1.82) is 0 Å². The van der Waals surface area contributed by atoms with Gasteiger partial charge in [0.1, 0.15) is 5.82 Å². The first kappa shape index (κ1) is 15.7. The van der Waals surface area contributed by atoms with Crippen molar-refractivity contribution in [3.05, 3.63) is 36.2 Å². The predicted molar refractivity (Wildman–Crippen MR) is 86.7 cm³/mol. The van der Waals surface area contributed by atoms with Crippen molar-refractivity contribution in [3.8, 4) is 0 Å². The lowest BCUT2D eigenvalue weighted by Crippen LogP contribution is -2.50. The Kier molecular flexibility index (Phi) is 4.76. The van der Waals surface area contributed by atoms with Crippen molar-refractivity contribution in [2.45, 2.75) is 25.8 Å². The van der Waals surface area contributed by atoms with Crippen LogP contribution in [0, 0.1) is 0 Å². The van der Waals surface area contributed by atoms with Crippen LogP contribution in [-0.2, 0) is 18.3 Å². The molecule has 0 saturated carbocycles. The minimum atomic E-state index is 0.157. The van der Waals surface area contributed by atoms with Gasteiger partial charge in [-0.2, -0.15) is 5.10 Å². The standard InChI is InChI=1S/C16H24N6O/c1-3-21-10-11-22(12-14(21)16-17-8-9-18-16)15(23)5-4-13-6-7-19-20(13)2/h6-9,14H,3-5,10-12H2,1-2H3,(H,17,18)/t14-/m0/s1. The summed E-state index contributed by atoms with van der Waals surface area (Å²) in [5, 5.41) is 4.15. The monoisotopic (exact) mass is 316 g/mol. The minimum Gasteiger partial charge on any atom is -0.347 e. The minimum absolute atomic E-state index is 0.157. The highest BCUT2D eigenvalue weighted by Crippen LogP contribution is 2.23. The number of hydrogen-bond donors (Lipinski definition) is 1. The number of hydrogen-bond acceptors (Lipinski definition) is 4. The van der Waals surface area contributed by atoms with Gasteiger partial charge in [-0.1, -0.05) is 6.92 Å². The van der Waals surface area contributed by atoms with Gasteiger partial charge in [-0.15, -0.1) is 0 Å². The topological polar surface area (TPSA) is 70.0 Å². The molecule has 124 valence electrons. The van der Waals surface area contributed by atoms with E-state index >= 15 is 0 Å². The fourth-order valence-electron chi connectivity index (χ4n) is 3.18. The number of H-pyrrole nitrogens is 1. The normalized spacial score (nSPS) is 19.2. The summed E-state index contributed by atoms with van der Waals surface area (Å²) in [7, 11) is 1.91. The zero-order chi connectivity index (χ0) is 16.2. The first-order chi connectivity index (χ1) is 11.2. The Bertz CT molecular complexity index is 635. The molecular formula is C16H24N6O. The zero-order valence-corrected chi connectivity index (χ0v) is 13.8. The number of rotatable bonds is 5. The first-order valence-electron chi connectivity index (χ1n) is 8.17. The van der Waals surface area contributed by atoms with Gasteiger partial charge in [0, 0.05) is 57.4 Å². The lowest BCUT2D eigenvalue weighted by molar-refractivity contribution is -0.134. The van der Waals surface area contributed by atoms with E-state index in [-0.39, 0.29) is 11.9 Å². The summed E-state index contributed by atoms with van der Waals surface area (Å²) in [6.07, 6.45) is 6.64. The van der Waals surface area contributed by atoms with E-state index in [1.165, 1.54) is 0 Å². The summed E-state index contributed by atoms with van der Waals surface area (Å²) in [5.74, 6) is 1.15. The van der Waals surface area contributed by atoms with Crippen molar-refractivity contribution < 1.29 is 4.79 Å². The number of aromatic nitrogens is 4. The third kappa shape index (κ3) is 3.44. The van der Waals surface area contributed by atoms with Crippen LogP contribution in [0.3, 0.4) is 0 Å². The van der Waals surface area contributed by atoms with Gasteiger partial charge in [0.2, 0.25) is 5.91 Å². The summed E-state index contributed by atoms with van der Waals surface area (Å²) in [4.78, 5) is 24.5. The average molecular weight is 316 g/mol. The summed E-state index contributed by atoms with van der Waals surface area (Å²) in [5.41, 5.74) is 1.09. The molecule has 0 aliphatic carbocycles. The number of aromatic amines is 1. The van der Waals surface area contributed by atoms with Crippen LogP contribution in [0.2, 0.25) is 0 Å². The SMILES string of the molecule is CCN1CCN(C(=O)CCc2ccnn2C)C[C@H]1c1ncc[nH]1. The van der Waals surface area contributed by atoms with Crippen molar-refractivity contribution >= 4 is 5.91 Å². The second-order valence-electron chi connectivity index (χ2n) is 5.90. The van der Waals surface area contributed by atoms with Gasteiger partial charge in [0.25, 0.3) is 0 Å². The van der Waals surface area contributed by atoms with Gasteiger partial charge in [-0.3, -0.25) is 14.4 Å².